The molecule has 3 rings (SSSR count). The number of aromatic nitrogens is 1. The zero-order valence-electron chi connectivity index (χ0n) is 16.0. The molecule has 0 spiro atoms. The molecule has 5 heteroatoms. The van der Waals surface area contributed by atoms with Crippen molar-refractivity contribution in [2.75, 3.05) is 5.32 Å². The summed E-state index contributed by atoms with van der Waals surface area (Å²) in [7, 11) is 0. The summed E-state index contributed by atoms with van der Waals surface area (Å²) >= 11 is 0. The first-order valence-electron chi connectivity index (χ1n) is 9.57. The zero-order chi connectivity index (χ0) is 19.2. The van der Waals surface area contributed by atoms with E-state index < -0.39 is 0 Å². The molecule has 0 bridgehead atoms. The summed E-state index contributed by atoms with van der Waals surface area (Å²) in [5, 5.41) is 6.05. The van der Waals surface area contributed by atoms with E-state index in [4.69, 9.17) is 0 Å². The van der Waals surface area contributed by atoms with E-state index in [1.165, 1.54) is 0 Å². The van der Waals surface area contributed by atoms with Gasteiger partial charge in [-0.25, -0.2) is 0 Å². The topological polar surface area (TPSA) is 71.1 Å². The second kappa shape index (κ2) is 8.80. The molecule has 1 aromatic heterocycles. The molecule has 1 aliphatic carbocycles. The lowest BCUT2D eigenvalue weighted by Crippen LogP contribution is -2.35. The number of hydrogen-bond acceptors (Lipinski definition) is 3. The van der Waals surface area contributed by atoms with E-state index in [0.29, 0.717) is 6.54 Å². The Morgan fingerprint density at radius 2 is 1.74 bits per heavy atom. The van der Waals surface area contributed by atoms with E-state index in [-0.39, 0.29) is 23.7 Å². The number of hydrogen-bond donors (Lipinski definition) is 2. The Labute approximate surface area is 160 Å². The maximum atomic E-state index is 12.6. The maximum Gasteiger partial charge on any atom is 0.227 e. The number of aryl methyl sites for hydroxylation is 2. The number of nitrogens with zero attached hydrogens (tertiary/aromatic N) is 1. The van der Waals surface area contributed by atoms with Crippen LogP contribution in [0.5, 0.6) is 0 Å². The molecule has 0 atom stereocenters. The van der Waals surface area contributed by atoms with Crippen molar-refractivity contribution < 1.29 is 9.59 Å². The van der Waals surface area contributed by atoms with Crippen LogP contribution in [0, 0.1) is 25.7 Å². The normalized spacial score (nSPS) is 19.3. The monoisotopic (exact) mass is 365 g/mol. The Hall–Kier alpha value is -2.69. The van der Waals surface area contributed by atoms with Crippen LogP contribution < -0.4 is 10.6 Å². The lowest BCUT2D eigenvalue weighted by atomic mass is 9.81. The van der Waals surface area contributed by atoms with Crippen LogP contribution in [0.25, 0.3) is 0 Å². The van der Waals surface area contributed by atoms with Gasteiger partial charge < -0.3 is 10.6 Å². The first kappa shape index (κ1) is 19.1. The summed E-state index contributed by atoms with van der Waals surface area (Å²) < 4.78 is 0. The number of benzene rings is 1. The highest BCUT2D eigenvalue weighted by atomic mass is 16.2. The van der Waals surface area contributed by atoms with E-state index in [1.807, 2.05) is 44.2 Å². The smallest absolute Gasteiger partial charge is 0.227 e. The van der Waals surface area contributed by atoms with Crippen molar-refractivity contribution in [2.24, 2.45) is 11.8 Å². The zero-order valence-corrected chi connectivity index (χ0v) is 16.0. The molecule has 0 unspecified atom stereocenters. The van der Waals surface area contributed by atoms with Crippen LogP contribution in [-0.4, -0.2) is 16.8 Å². The summed E-state index contributed by atoms with van der Waals surface area (Å²) in [5.41, 5.74) is 4.08. The largest absolute Gasteiger partial charge is 0.352 e. The van der Waals surface area contributed by atoms with Gasteiger partial charge in [0, 0.05) is 36.5 Å². The van der Waals surface area contributed by atoms with Crippen molar-refractivity contribution >= 4 is 17.5 Å². The van der Waals surface area contributed by atoms with Gasteiger partial charge in [-0.1, -0.05) is 18.2 Å². The first-order chi connectivity index (χ1) is 13.0. The van der Waals surface area contributed by atoms with E-state index in [1.54, 1.807) is 12.4 Å². The van der Waals surface area contributed by atoms with Crippen LogP contribution >= 0.6 is 0 Å². The van der Waals surface area contributed by atoms with Crippen molar-refractivity contribution in [3.8, 4) is 0 Å². The fourth-order valence-corrected chi connectivity index (χ4v) is 3.56. The third-order valence-corrected chi connectivity index (χ3v) is 5.31. The third-order valence-electron chi connectivity index (χ3n) is 5.31. The molecule has 1 aromatic carbocycles. The molecule has 0 saturated heterocycles. The fraction of sp³-hybridized carbons (Fsp3) is 0.409. The van der Waals surface area contributed by atoms with Gasteiger partial charge in [0.15, 0.2) is 0 Å². The molecule has 2 amide bonds. The number of nitrogens with one attached hydrogen (secondary N) is 2. The summed E-state index contributed by atoms with van der Waals surface area (Å²) in [4.78, 5) is 29.0. The average Bonchev–Trinajstić information content (AvgIpc) is 2.70. The predicted octanol–water partition coefficient (Wildman–Crippen LogP) is 3.76. The molecule has 1 heterocycles. The minimum Gasteiger partial charge on any atom is -0.352 e. The summed E-state index contributed by atoms with van der Waals surface area (Å²) in [6, 6.07) is 9.88. The van der Waals surface area contributed by atoms with Gasteiger partial charge in [-0.3, -0.25) is 14.6 Å². The molecule has 27 heavy (non-hydrogen) atoms. The lowest BCUT2D eigenvalue weighted by Gasteiger charge is -2.27. The average molecular weight is 365 g/mol. The number of amides is 2. The Balaban J connectivity index is 1.47. The summed E-state index contributed by atoms with van der Waals surface area (Å²) in [6.45, 7) is 4.52. The lowest BCUT2D eigenvalue weighted by molar-refractivity contribution is -0.128. The molecule has 142 valence electrons. The van der Waals surface area contributed by atoms with Gasteiger partial charge in [0.25, 0.3) is 0 Å². The molecule has 1 aliphatic rings. The van der Waals surface area contributed by atoms with Gasteiger partial charge in [-0.05, 0) is 68.4 Å². The van der Waals surface area contributed by atoms with E-state index >= 15 is 0 Å². The maximum absolute atomic E-state index is 12.6. The number of rotatable bonds is 5. The molecule has 0 aliphatic heterocycles. The molecular weight excluding hydrogens is 338 g/mol. The minimum atomic E-state index is -0.0210. The van der Waals surface area contributed by atoms with Crippen LogP contribution in [0.1, 0.15) is 42.4 Å². The molecule has 1 fully saturated rings. The van der Waals surface area contributed by atoms with Crippen LogP contribution in [0.3, 0.4) is 0 Å². The Bertz CT molecular complexity index is 796. The Morgan fingerprint density at radius 3 is 2.41 bits per heavy atom. The van der Waals surface area contributed by atoms with Crippen molar-refractivity contribution in [3.05, 3.63) is 59.4 Å². The van der Waals surface area contributed by atoms with E-state index in [2.05, 4.69) is 15.6 Å². The van der Waals surface area contributed by atoms with Crippen molar-refractivity contribution in [2.45, 2.75) is 46.1 Å². The molecule has 2 N–H and O–H groups in total. The first-order valence-corrected chi connectivity index (χ1v) is 9.57. The van der Waals surface area contributed by atoms with Crippen molar-refractivity contribution in [3.63, 3.8) is 0 Å². The van der Waals surface area contributed by atoms with E-state index in [0.717, 1.165) is 48.1 Å². The fourth-order valence-electron chi connectivity index (χ4n) is 3.56. The number of anilines is 1. The van der Waals surface area contributed by atoms with Crippen LogP contribution in [-0.2, 0) is 16.1 Å². The van der Waals surface area contributed by atoms with Gasteiger partial charge in [0.2, 0.25) is 11.8 Å². The highest BCUT2D eigenvalue weighted by Gasteiger charge is 2.30. The summed E-state index contributed by atoms with van der Waals surface area (Å²) in [5.74, 6) is 0.115. The van der Waals surface area contributed by atoms with Gasteiger partial charge in [0.1, 0.15) is 0 Å². The van der Waals surface area contributed by atoms with Crippen molar-refractivity contribution in [1.82, 2.24) is 10.3 Å². The Morgan fingerprint density at radius 1 is 1.04 bits per heavy atom. The molecule has 1 saturated carbocycles. The van der Waals surface area contributed by atoms with Crippen LogP contribution in [0.15, 0.2) is 42.7 Å². The third kappa shape index (κ3) is 5.16. The standard InChI is InChI=1S/C22H27N3O2/c1-15-5-6-16(2)20(12-15)25-22(27)19-9-7-18(8-10-19)21(26)24-14-17-4-3-11-23-13-17/h3-6,11-13,18-19H,7-10,14H2,1-2H3,(H,24,26)(H,25,27). The number of carbonyl (C=O) groups is 2. The quantitative estimate of drug-likeness (QED) is 0.847. The van der Waals surface area contributed by atoms with E-state index in [9.17, 15) is 9.59 Å². The second-order valence-electron chi connectivity index (χ2n) is 7.44. The van der Waals surface area contributed by atoms with Crippen molar-refractivity contribution in [1.29, 1.82) is 0 Å². The summed E-state index contributed by atoms with van der Waals surface area (Å²) in [6.07, 6.45) is 6.49. The second-order valence-corrected chi connectivity index (χ2v) is 7.44. The van der Waals surface area contributed by atoms with Crippen LogP contribution in [0.2, 0.25) is 0 Å². The molecular formula is C22H27N3O2. The van der Waals surface area contributed by atoms with Gasteiger partial charge in [-0.2, -0.15) is 0 Å². The van der Waals surface area contributed by atoms with Gasteiger partial charge in [0.05, 0.1) is 0 Å². The van der Waals surface area contributed by atoms with Gasteiger partial charge >= 0.3 is 0 Å². The molecule has 2 aromatic rings. The van der Waals surface area contributed by atoms with Crippen LogP contribution in [0.4, 0.5) is 5.69 Å². The number of carbonyl (C=O) groups excluding carboxylic acids is 2. The molecule has 5 nitrogen and oxygen atoms in total. The highest BCUT2D eigenvalue weighted by molar-refractivity contribution is 5.93. The predicted molar refractivity (Wildman–Crippen MR) is 106 cm³/mol. The van der Waals surface area contributed by atoms with Gasteiger partial charge in [-0.15, -0.1) is 0 Å². The highest BCUT2D eigenvalue weighted by Crippen LogP contribution is 2.30. The number of pyridine rings is 1. The molecule has 0 radical (unpaired) electrons. The Kier molecular flexibility index (Phi) is 6.22. The SMILES string of the molecule is Cc1ccc(C)c(NC(=O)C2CCC(C(=O)NCc3cccnc3)CC2)c1. The minimum absolute atomic E-state index is 0.00794.